The molecule has 2 rings (SSSR count). The van der Waals surface area contributed by atoms with E-state index in [2.05, 4.69) is 4.98 Å². The summed E-state index contributed by atoms with van der Waals surface area (Å²) in [5.41, 5.74) is 7.50. The molecule has 1 aromatic carbocycles. The van der Waals surface area contributed by atoms with Crippen LogP contribution in [0.2, 0.25) is 0 Å². The zero-order chi connectivity index (χ0) is 14.5. The first-order chi connectivity index (χ1) is 9.65. The number of benzene rings is 1. The van der Waals surface area contributed by atoms with Gasteiger partial charge in [0.15, 0.2) is 0 Å². The zero-order valence-corrected chi connectivity index (χ0v) is 13.0. The normalized spacial score (nSPS) is 10.5. The summed E-state index contributed by atoms with van der Waals surface area (Å²) in [6.45, 7) is 2.99. The van der Waals surface area contributed by atoms with E-state index in [9.17, 15) is 0 Å². The summed E-state index contributed by atoms with van der Waals surface area (Å²) in [4.78, 5) is 5.72. The maximum atomic E-state index is 5.74. The summed E-state index contributed by atoms with van der Waals surface area (Å²) < 4.78 is 10.6. The van der Waals surface area contributed by atoms with Gasteiger partial charge in [0, 0.05) is 12.7 Å². The first kappa shape index (κ1) is 14.9. The zero-order valence-electron chi connectivity index (χ0n) is 11.4. The molecule has 0 saturated heterocycles. The third kappa shape index (κ3) is 3.33. The average molecular weight is 308 g/mol. The second-order valence-corrected chi connectivity index (χ2v) is 5.49. The average Bonchev–Trinajstić information content (AvgIpc) is 2.84. The minimum Gasteiger partial charge on any atom is -0.494 e. The highest BCUT2D eigenvalue weighted by Gasteiger charge is 2.14. The summed E-state index contributed by atoms with van der Waals surface area (Å²) >= 11 is 6.54. The molecular formula is C14H16N2O2S2. The molecule has 2 N–H and O–H groups in total. The molecule has 1 aromatic heterocycles. The Kier molecular flexibility index (Phi) is 5.05. The van der Waals surface area contributed by atoms with Crippen molar-refractivity contribution in [2.45, 2.75) is 13.5 Å². The van der Waals surface area contributed by atoms with E-state index in [0.29, 0.717) is 18.2 Å². The number of hydrogen-bond acceptors (Lipinski definition) is 5. The van der Waals surface area contributed by atoms with E-state index in [0.717, 1.165) is 26.9 Å². The molecule has 0 bridgehead atoms. The molecule has 106 valence electrons. The van der Waals surface area contributed by atoms with Gasteiger partial charge in [-0.2, -0.15) is 0 Å². The molecule has 0 aliphatic heterocycles. The van der Waals surface area contributed by atoms with Crippen molar-refractivity contribution in [3.05, 3.63) is 34.8 Å². The number of thiazole rings is 1. The van der Waals surface area contributed by atoms with E-state index in [-0.39, 0.29) is 0 Å². The van der Waals surface area contributed by atoms with E-state index in [1.165, 1.54) is 11.3 Å². The van der Waals surface area contributed by atoms with Crippen LogP contribution in [0.1, 0.15) is 17.5 Å². The molecule has 0 saturated carbocycles. The molecule has 0 amide bonds. The highest BCUT2D eigenvalue weighted by molar-refractivity contribution is 7.81. The van der Waals surface area contributed by atoms with Crippen LogP contribution in [0.5, 0.6) is 5.75 Å². The van der Waals surface area contributed by atoms with Gasteiger partial charge in [0.1, 0.15) is 15.7 Å². The van der Waals surface area contributed by atoms with Crippen LogP contribution in [0.15, 0.2) is 24.3 Å². The number of rotatable bonds is 6. The quantitative estimate of drug-likeness (QED) is 0.831. The van der Waals surface area contributed by atoms with Crippen molar-refractivity contribution in [2.24, 2.45) is 5.73 Å². The van der Waals surface area contributed by atoms with E-state index < -0.39 is 0 Å². The Bertz CT molecular complexity index is 611. The van der Waals surface area contributed by atoms with Gasteiger partial charge in [0.2, 0.25) is 0 Å². The highest BCUT2D eigenvalue weighted by atomic mass is 32.1. The largest absolute Gasteiger partial charge is 0.494 e. The number of thiocarbonyl (C=S) groups is 1. The number of methoxy groups -OCH3 is 1. The fourth-order valence-electron chi connectivity index (χ4n) is 1.79. The topological polar surface area (TPSA) is 57.4 Å². The van der Waals surface area contributed by atoms with Crippen molar-refractivity contribution < 1.29 is 9.47 Å². The van der Waals surface area contributed by atoms with Gasteiger partial charge >= 0.3 is 0 Å². The second kappa shape index (κ2) is 6.78. The molecule has 0 unspecified atom stereocenters. The summed E-state index contributed by atoms with van der Waals surface area (Å²) in [5.74, 6) is 0.824. The summed E-state index contributed by atoms with van der Waals surface area (Å²) in [6.07, 6.45) is 0. The number of nitrogens with two attached hydrogens (primary N) is 1. The lowest BCUT2D eigenvalue weighted by atomic mass is 10.2. The minimum absolute atomic E-state index is 0.349. The molecule has 2 aromatic rings. The van der Waals surface area contributed by atoms with Crippen molar-refractivity contribution in [3.63, 3.8) is 0 Å². The molecule has 0 aliphatic carbocycles. The molecule has 6 heteroatoms. The van der Waals surface area contributed by atoms with Crippen LogP contribution < -0.4 is 10.5 Å². The molecular weight excluding hydrogens is 292 g/mol. The number of ether oxygens (including phenoxy) is 2. The van der Waals surface area contributed by atoms with Crippen molar-refractivity contribution in [1.29, 1.82) is 0 Å². The van der Waals surface area contributed by atoms with Crippen LogP contribution >= 0.6 is 23.6 Å². The van der Waals surface area contributed by atoms with Gasteiger partial charge < -0.3 is 15.2 Å². The Morgan fingerprint density at radius 1 is 1.45 bits per heavy atom. The monoisotopic (exact) mass is 308 g/mol. The first-order valence-electron chi connectivity index (χ1n) is 6.17. The van der Waals surface area contributed by atoms with Gasteiger partial charge in [-0.15, -0.1) is 11.3 Å². The lowest BCUT2D eigenvalue weighted by Gasteiger charge is -2.03. The van der Waals surface area contributed by atoms with Crippen LogP contribution in [0.4, 0.5) is 0 Å². The van der Waals surface area contributed by atoms with E-state index in [1.807, 2.05) is 31.2 Å². The molecule has 0 aliphatic rings. The summed E-state index contributed by atoms with van der Waals surface area (Å²) in [5, 5.41) is 0.862. The van der Waals surface area contributed by atoms with Crippen molar-refractivity contribution in [1.82, 2.24) is 4.98 Å². The molecule has 4 nitrogen and oxygen atoms in total. The fourth-order valence-corrected chi connectivity index (χ4v) is 2.95. The first-order valence-corrected chi connectivity index (χ1v) is 7.39. The van der Waals surface area contributed by atoms with Crippen molar-refractivity contribution in [3.8, 4) is 16.3 Å². The van der Waals surface area contributed by atoms with Gasteiger partial charge in [0.05, 0.1) is 23.8 Å². The third-order valence-corrected chi connectivity index (χ3v) is 4.11. The Morgan fingerprint density at radius 2 is 2.25 bits per heavy atom. The molecule has 20 heavy (non-hydrogen) atoms. The maximum absolute atomic E-state index is 5.74. The fraction of sp³-hybridized carbons (Fsp3) is 0.286. The Balaban J connectivity index is 2.39. The standard InChI is InChI=1S/C14H16N2O2S2/c1-3-18-10-6-4-5-9(7-10)14-16-11(8-17-2)12(20-14)13(15)19/h4-7H,3,8H2,1-2H3,(H2,15,19). The predicted molar refractivity (Wildman–Crippen MR) is 85.3 cm³/mol. The molecule has 1 heterocycles. The Morgan fingerprint density at radius 3 is 2.90 bits per heavy atom. The lowest BCUT2D eigenvalue weighted by Crippen LogP contribution is -2.10. The Labute approximate surface area is 127 Å². The van der Waals surface area contributed by atoms with Gasteiger partial charge in [-0.25, -0.2) is 4.98 Å². The van der Waals surface area contributed by atoms with Crippen molar-refractivity contribution >= 4 is 28.5 Å². The summed E-state index contributed by atoms with van der Waals surface area (Å²) in [6, 6.07) is 7.81. The number of hydrogen-bond donors (Lipinski definition) is 1. The second-order valence-electron chi connectivity index (χ2n) is 4.05. The maximum Gasteiger partial charge on any atom is 0.124 e. The molecule has 0 spiro atoms. The van der Waals surface area contributed by atoms with E-state index in [1.54, 1.807) is 7.11 Å². The molecule has 0 atom stereocenters. The van der Waals surface area contributed by atoms with Crippen LogP contribution in [-0.2, 0) is 11.3 Å². The van der Waals surface area contributed by atoms with Crippen molar-refractivity contribution in [2.75, 3.05) is 13.7 Å². The van der Waals surface area contributed by atoms with Crippen LogP contribution in [-0.4, -0.2) is 23.7 Å². The SMILES string of the molecule is CCOc1cccc(-c2nc(COC)c(C(N)=S)s2)c1. The van der Waals surface area contributed by atoms with Crippen LogP contribution in [0.3, 0.4) is 0 Å². The molecule has 0 radical (unpaired) electrons. The summed E-state index contributed by atoms with van der Waals surface area (Å²) in [7, 11) is 1.62. The lowest BCUT2D eigenvalue weighted by molar-refractivity contribution is 0.182. The van der Waals surface area contributed by atoms with Gasteiger partial charge in [-0.1, -0.05) is 24.4 Å². The van der Waals surface area contributed by atoms with Crippen LogP contribution in [0, 0.1) is 0 Å². The van der Waals surface area contributed by atoms with E-state index >= 15 is 0 Å². The number of nitrogens with zero attached hydrogens (tertiary/aromatic N) is 1. The Hall–Kier alpha value is -1.50. The highest BCUT2D eigenvalue weighted by Crippen LogP contribution is 2.30. The van der Waals surface area contributed by atoms with Crippen LogP contribution in [0.25, 0.3) is 10.6 Å². The van der Waals surface area contributed by atoms with Gasteiger partial charge in [0.25, 0.3) is 0 Å². The molecule has 0 fully saturated rings. The van der Waals surface area contributed by atoms with Gasteiger partial charge in [-0.3, -0.25) is 0 Å². The van der Waals surface area contributed by atoms with E-state index in [4.69, 9.17) is 27.4 Å². The van der Waals surface area contributed by atoms with Gasteiger partial charge in [-0.05, 0) is 19.1 Å². The minimum atomic E-state index is 0.349. The predicted octanol–water partition coefficient (Wildman–Crippen LogP) is 2.99. The smallest absolute Gasteiger partial charge is 0.124 e. The third-order valence-electron chi connectivity index (χ3n) is 2.59. The number of aromatic nitrogens is 1.